The predicted molar refractivity (Wildman–Crippen MR) is 71.2 cm³/mol. The average molecular weight is 269 g/mol. The van der Waals surface area contributed by atoms with E-state index in [1.807, 2.05) is 18.2 Å². The molecule has 1 saturated heterocycles. The van der Waals surface area contributed by atoms with Gasteiger partial charge in [-0.15, -0.1) is 0 Å². The van der Waals surface area contributed by atoms with Crippen molar-refractivity contribution < 1.29 is 4.74 Å². The molecule has 2 atom stereocenters. The van der Waals surface area contributed by atoms with Crippen LogP contribution in [0, 0.1) is 4.77 Å². The highest BCUT2D eigenvalue weighted by molar-refractivity contribution is 7.71. The summed E-state index contributed by atoms with van der Waals surface area (Å²) in [6.07, 6.45) is 1.21. The number of nitrogens with zero attached hydrogens (tertiary/aromatic N) is 1. The maximum Gasteiger partial charge on any atom is 0.178 e. The number of aromatic amines is 1. The molecule has 1 N–H and O–H groups in total. The van der Waals surface area contributed by atoms with E-state index >= 15 is 0 Å². The van der Waals surface area contributed by atoms with Crippen LogP contribution < -0.4 is 0 Å². The Kier molecular flexibility index (Phi) is 2.73. The lowest BCUT2D eigenvalue weighted by molar-refractivity contribution is 0.108. The van der Waals surface area contributed by atoms with Crippen molar-refractivity contribution in [3.8, 4) is 0 Å². The Labute approximate surface area is 109 Å². The number of H-pyrrole nitrogens is 1. The lowest BCUT2D eigenvalue weighted by atomic mass is 10.1. The molecule has 0 bridgehead atoms. The fourth-order valence-corrected chi connectivity index (χ4v) is 3.01. The van der Waals surface area contributed by atoms with Crippen molar-refractivity contribution in [1.29, 1.82) is 0 Å². The van der Waals surface area contributed by atoms with Gasteiger partial charge in [-0.25, -0.2) is 0 Å². The second-order valence-electron chi connectivity index (χ2n) is 4.39. The van der Waals surface area contributed by atoms with Crippen LogP contribution in [0.1, 0.15) is 19.4 Å². The summed E-state index contributed by atoms with van der Waals surface area (Å²) in [7, 11) is 0. The van der Waals surface area contributed by atoms with Gasteiger partial charge < -0.3 is 14.3 Å². The van der Waals surface area contributed by atoms with Gasteiger partial charge in [-0.05, 0) is 43.8 Å². The van der Waals surface area contributed by atoms with Crippen molar-refractivity contribution in [2.45, 2.75) is 25.5 Å². The molecule has 2 aromatic rings. The van der Waals surface area contributed by atoms with Crippen LogP contribution in [0.4, 0.5) is 0 Å². The number of benzene rings is 1. The Morgan fingerprint density at radius 2 is 2.35 bits per heavy atom. The Morgan fingerprint density at radius 3 is 3.06 bits per heavy atom. The summed E-state index contributed by atoms with van der Waals surface area (Å²) in [6, 6.07) is 6.12. The Bertz CT molecular complexity index is 618. The second kappa shape index (κ2) is 4.12. The highest BCUT2D eigenvalue weighted by Crippen LogP contribution is 2.30. The molecular weight excluding hydrogens is 256 g/mol. The van der Waals surface area contributed by atoms with E-state index in [1.165, 1.54) is 0 Å². The van der Waals surface area contributed by atoms with E-state index in [0.29, 0.717) is 6.04 Å². The van der Waals surface area contributed by atoms with Gasteiger partial charge >= 0.3 is 0 Å². The van der Waals surface area contributed by atoms with Gasteiger partial charge in [0.1, 0.15) is 0 Å². The summed E-state index contributed by atoms with van der Waals surface area (Å²) >= 11 is 11.4. The fourth-order valence-electron chi connectivity index (χ4n) is 2.49. The SMILES string of the molecule is CC1OCCC1n1c(=S)[nH]c2cc(Cl)ccc21. The zero-order valence-electron chi connectivity index (χ0n) is 9.44. The van der Waals surface area contributed by atoms with E-state index in [2.05, 4.69) is 16.5 Å². The van der Waals surface area contributed by atoms with Crippen molar-refractivity contribution in [1.82, 2.24) is 9.55 Å². The first-order valence-electron chi connectivity index (χ1n) is 5.68. The maximum atomic E-state index is 5.98. The van der Waals surface area contributed by atoms with Crippen LogP contribution in [0.2, 0.25) is 5.02 Å². The van der Waals surface area contributed by atoms with Crippen LogP contribution in [0.3, 0.4) is 0 Å². The van der Waals surface area contributed by atoms with Crippen LogP contribution in [-0.2, 0) is 4.74 Å². The van der Waals surface area contributed by atoms with Gasteiger partial charge in [0.25, 0.3) is 0 Å². The van der Waals surface area contributed by atoms with Gasteiger partial charge in [0.05, 0.1) is 23.2 Å². The van der Waals surface area contributed by atoms with E-state index in [4.69, 9.17) is 28.6 Å². The van der Waals surface area contributed by atoms with Gasteiger partial charge in [-0.1, -0.05) is 11.6 Å². The van der Waals surface area contributed by atoms with Crippen LogP contribution in [0.5, 0.6) is 0 Å². The van der Waals surface area contributed by atoms with Crippen LogP contribution >= 0.6 is 23.8 Å². The minimum absolute atomic E-state index is 0.205. The molecular formula is C12H13ClN2OS. The minimum atomic E-state index is 0.205. The summed E-state index contributed by atoms with van der Waals surface area (Å²) < 4.78 is 8.50. The third kappa shape index (κ3) is 1.80. The number of halogens is 1. The summed E-state index contributed by atoms with van der Waals surface area (Å²) in [5, 5.41) is 0.719. The van der Waals surface area contributed by atoms with Crippen molar-refractivity contribution in [2.24, 2.45) is 0 Å². The molecule has 0 spiro atoms. The van der Waals surface area contributed by atoms with E-state index < -0.39 is 0 Å². The minimum Gasteiger partial charge on any atom is -0.376 e. The van der Waals surface area contributed by atoms with E-state index in [9.17, 15) is 0 Å². The molecule has 1 aliphatic rings. The number of imidazole rings is 1. The van der Waals surface area contributed by atoms with E-state index in [1.54, 1.807) is 0 Å². The Morgan fingerprint density at radius 1 is 1.53 bits per heavy atom. The normalized spacial score (nSPS) is 24.6. The number of rotatable bonds is 1. The van der Waals surface area contributed by atoms with Gasteiger partial charge in [0, 0.05) is 11.6 Å². The largest absolute Gasteiger partial charge is 0.376 e. The molecule has 2 unspecified atom stereocenters. The molecule has 2 heterocycles. The summed E-state index contributed by atoms with van der Waals surface area (Å²) in [5.41, 5.74) is 2.09. The molecule has 1 aromatic carbocycles. The van der Waals surface area contributed by atoms with Crippen molar-refractivity contribution in [3.05, 3.63) is 28.0 Å². The van der Waals surface area contributed by atoms with Crippen molar-refractivity contribution >= 4 is 34.9 Å². The fraction of sp³-hybridized carbons (Fsp3) is 0.417. The number of nitrogens with one attached hydrogen (secondary N) is 1. The first-order chi connectivity index (χ1) is 8.16. The molecule has 0 saturated carbocycles. The monoisotopic (exact) mass is 268 g/mol. The molecule has 3 nitrogen and oxygen atoms in total. The predicted octanol–water partition coefficient (Wildman–Crippen LogP) is 3.70. The standard InChI is InChI=1S/C12H13ClN2OS/c1-7-10(4-5-16-7)15-11-3-2-8(13)6-9(11)14-12(15)17/h2-3,6-7,10H,4-5H2,1H3,(H,14,17). The van der Waals surface area contributed by atoms with Crippen molar-refractivity contribution in [2.75, 3.05) is 6.61 Å². The van der Waals surface area contributed by atoms with Gasteiger partial charge in [0.2, 0.25) is 0 Å². The number of aromatic nitrogens is 2. The Hall–Kier alpha value is -0.840. The highest BCUT2D eigenvalue weighted by Gasteiger charge is 2.27. The van der Waals surface area contributed by atoms with Crippen LogP contribution in [0.25, 0.3) is 11.0 Å². The van der Waals surface area contributed by atoms with E-state index in [-0.39, 0.29) is 6.10 Å². The zero-order chi connectivity index (χ0) is 12.0. The first-order valence-corrected chi connectivity index (χ1v) is 6.47. The summed E-state index contributed by atoms with van der Waals surface area (Å²) in [4.78, 5) is 3.20. The topological polar surface area (TPSA) is 29.9 Å². The average Bonchev–Trinajstić information content (AvgIpc) is 2.80. The molecule has 0 radical (unpaired) electrons. The van der Waals surface area contributed by atoms with E-state index in [0.717, 1.165) is 33.9 Å². The third-order valence-corrected chi connectivity index (χ3v) is 3.88. The number of fused-ring (bicyclic) bond motifs is 1. The van der Waals surface area contributed by atoms with Crippen LogP contribution in [0.15, 0.2) is 18.2 Å². The summed E-state index contributed by atoms with van der Waals surface area (Å²) in [6.45, 7) is 2.89. The molecule has 0 aliphatic carbocycles. The molecule has 0 amide bonds. The molecule has 5 heteroatoms. The molecule has 1 aromatic heterocycles. The zero-order valence-corrected chi connectivity index (χ0v) is 11.0. The number of hydrogen-bond donors (Lipinski definition) is 1. The number of ether oxygens (including phenoxy) is 1. The lowest BCUT2D eigenvalue weighted by Gasteiger charge is -2.16. The second-order valence-corrected chi connectivity index (χ2v) is 5.22. The molecule has 1 aliphatic heterocycles. The highest BCUT2D eigenvalue weighted by atomic mass is 35.5. The Balaban J connectivity index is 2.22. The first kappa shape index (κ1) is 11.3. The third-order valence-electron chi connectivity index (χ3n) is 3.35. The molecule has 90 valence electrons. The molecule has 17 heavy (non-hydrogen) atoms. The maximum absolute atomic E-state index is 5.98. The lowest BCUT2D eigenvalue weighted by Crippen LogP contribution is -2.16. The van der Waals surface area contributed by atoms with Gasteiger partial charge in [0.15, 0.2) is 4.77 Å². The summed E-state index contributed by atoms with van der Waals surface area (Å²) in [5.74, 6) is 0. The van der Waals surface area contributed by atoms with Gasteiger partial charge in [-0.2, -0.15) is 0 Å². The van der Waals surface area contributed by atoms with Crippen molar-refractivity contribution in [3.63, 3.8) is 0 Å². The van der Waals surface area contributed by atoms with Gasteiger partial charge in [-0.3, -0.25) is 0 Å². The quantitative estimate of drug-likeness (QED) is 0.799. The number of hydrogen-bond acceptors (Lipinski definition) is 2. The smallest absolute Gasteiger partial charge is 0.178 e. The van der Waals surface area contributed by atoms with Crippen LogP contribution in [-0.4, -0.2) is 22.3 Å². The molecule has 3 rings (SSSR count). The molecule has 1 fully saturated rings.